The highest BCUT2D eigenvalue weighted by Crippen LogP contribution is 2.13. The molecule has 1 amide bonds. The molecular weight excluding hydrogens is 348 g/mol. The molecule has 0 fully saturated rings. The molecule has 9 nitrogen and oxygen atoms in total. The number of aryl methyl sites for hydroxylation is 3. The van der Waals surface area contributed by atoms with Gasteiger partial charge in [0.15, 0.2) is 0 Å². The molecule has 2 aromatic heterocycles. The Balaban J connectivity index is 1.55. The lowest BCUT2D eigenvalue weighted by Crippen LogP contribution is -2.15. The van der Waals surface area contributed by atoms with Crippen LogP contribution in [0.3, 0.4) is 0 Å². The SMILES string of the molecule is Cc1ccccc1Cn1cc(NC(=O)CCn2nc([N+](=O)[O-])cc2C)cn1. The number of nitrogens with one attached hydrogen (secondary N) is 1. The topological polar surface area (TPSA) is 108 Å². The van der Waals surface area contributed by atoms with Crippen LogP contribution in [0.4, 0.5) is 11.5 Å². The predicted molar refractivity (Wildman–Crippen MR) is 99.4 cm³/mol. The Hall–Kier alpha value is -3.49. The summed E-state index contributed by atoms with van der Waals surface area (Å²) in [5.74, 6) is -0.423. The van der Waals surface area contributed by atoms with Crippen molar-refractivity contribution in [1.29, 1.82) is 0 Å². The van der Waals surface area contributed by atoms with E-state index in [2.05, 4.69) is 15.5 Å². The van der Waals surface area contributed by atoms with Gasteiger partial charge in [-0.25, -0.2) is 0 Å². The fraction of sp³-hybridized carbons (Fsp3) is 0.278. The van der Waals surface area contributed by atoms with Crippen molar-refractivity contribution in [2.24, 2.45) is 0 Å². The van der Waals surface area contributed by atoms with Gasteiger partial charge in [-0.15, -0.1) is 0 Å². The maximum absolute atomic E-state index is 12.1. The number of aromatic nitrogens is 4. The number of nitrogens with zero attached hydrogens (tertiary/aromatic N) is 5. The standard InChI is InChI=1S/C18H20N6O3/c1-13-5-3-4-6-15(13)11-22-12-16(10-19-22)20-18(25)7-8-23-14(2)9-17(21-23)24(26)27/h3-6,9-10,12H,7-8,11H2,1-2H3,(H,20,25). The number of carbonyl (C=O) groups excluding carboxylic acids is 1. The van der Waals surface area contributed by atoms with Crippen LogP contribution in [0.25, 0.3) is 0 Å². The van der Waals surface area contributed by atoms with E-state index in [0.29, 0.717) is 17.9 Å². The van der Waals surface area contributed by atoms with Gasteiger partial charge in [0.1, 0.15) is 0 Å². The number of hydrogen-bond donors (Lipinski definition) is 1. The van der Waals surface area contributed by atoms with E-state index in [1.165, 1.54) is 16.3 Å². The first-order valence-electron chi connectivity index (χ1n) is 8.48. The number of hydrogen-bond acceptors (Lipinski definition) is 5. The molecule has 0 saturated carbocycles. The first kappa shape index (κ1) is 18.3. The third kappa shape index (κ3) is 4.57. The van der Waals surface area contributed by atoms with Gasteiger partial charge in [-0.05, 0) is 29.9 Å². The monoisotopic (exact) mass is 368 g/mol. The molecule has 0 radical (unpaired) electrons. The van der Waals surface area contributed by atoms with Crippen LogP contribution in [0.5, 0.6) is 0 Å². The molecule has 0 spiro atoms. The summed E-state index contributed by atoms with van der Waals surface area (Å²) in [4.78, 5) is 22.3. The Morgan fingerprint density at radius 1 is 1.30 bits per heavy atom. The van der Waals surface area contributed by atoms with Gasteiger partial charge in [-0.2, -0.15) is 9.78 Å². The number of amides is 1. The maximum Gasteiger partial charge on any atom is 0.390 e. The molecule has 2 heterocycles. The Morgan fingerprint density at radius 3 is 2.78 bits per heavy atom. The summed E-state index contributed by atoms with van der Waals surface area (Å²) < 4.78 is 3.22. The second kappa shape index (κ2) is 7.81. The molecular formula is C18H20N6O3. The largest absolute Gasteiger partial charge is 0.390 e. The molecule has 3 rings (SSSR count). The van der Waals surface area contributed by atoms with E-state index in [1.54, 1.807) is 24.0 Å². The van der Waals surface area contributed by atoms with Crippen LogP contribution in [0.15, 0.2) is 42.7 Å². The van der Waals surface area contributed by atoms with E-state index < -0.39 is 4.92 Å². The van der Waals surface area contributed by atoms with Gasteiger partial charge in [0.25, 0.3) is 0 Å². The zero-order valence-corrected chi connectivity index (χ0v) is 15.1. The molecule has 9 heteroatoms. The maximum atomic E-state index is 12.1. The van der Waals surface area contributed by atoms with E-state index in [0.717, 1.165) is 5.56 Å². The van der Waals surface area contributed by atoms with Gasteiger partial charge in [-0.3, -0.25) is 9.48 Å². The summed E-state index contributed by atoms with van der Waals surface area (Å²) >= 11 is 0. The molecule has 0 unspecified atom stereocenters. The van der Waals surface area contributed by atoms with E-state index in [9.17, 15) is 14.9 Å². The summed E-state index contributed by atoms with van der Waals surface area (Å²) in [5.41, 5.74) is 3.59. The van der Waals surface area contributed by atoms with E-state index in [1.807, 2.05) is 31.2 Å². The highest BCUT2D eigenvalue weighted by molar-refractivity contribution is 5.90. The average molecular weight is 368 g/mol. The lowest BCUT2D eigenvalue weighted by molar-refractivity contribution is -0.389. The third-order valence-electron chi connectivity index (χ3n) is 4.22. The van der Waals surface area contributed by atoms with Crippen LogP contribution < -0.4 is 5.32 Å². The van der Waals surface area contributed by atoms with E-state index in [4.69, 9.17) is 0 Å². The molecule has 0 aliphatic rings. The van der Waals surface area contributed by atoms with Gasteiger partial charge in [0.05, 0.1) is 41.8 Å². The number of anilines is 1. The molecule has 140 valence electrons. The zero-order chi connectivity index (χ0) is 19.4. The van der Waals surface area contributed by atoms with Gasteiger partial charge in [0.2, 0.25) is 5.91 Å². The lowest BCUT2D eigenvalue weighted by Gasteiger charge is -2.05. The summed E-state index contributed by atoms with van der Waals surface area (Å²) in [6.07, 6.45) is 3.52. The number of benzene rings is 1. The zero-order valence-electron chi connectivity index (χ0n) is 15.1. The molecule has 0 saturated heterocycles. The van der Waals surface area contributed by atoms with Gasteiger partial charge < -0.3 is 15.4 Å². The van der Waals surface area contributed by atoms with Crippen molar-refractivity contribution in [2.75, 3.05) is 5.32 Å². The summed E-state index contributed by atoms with van der Waals surface area (Å²) in [6, 6.07) is 9.44. The van der Waals surface area contributed by atoms with Crippen LogP contribution in [-0.4, -0.2) is 30.4 Å². The van der Waals surface area contributed by atoms with Crippen molar-refractivity contribution in [3.8, 4) is 0 Å². The van der Waals surface area contributed by atoms with Gasteiger partial charge in [0, 0.05) is 12.6 Å². The number of rotatable bonds is 7. The van der Waals surface area contributed by atoms with Crippen LogP contribution in [0, 0.1) is 24.0 Å². The van der Waals surface area contributed by atoms with Crippen molar-refractivity contribution in [3.05, 3.63) is 69.7 Å². The van der Waals surface area contributed by atoms with Crippen molar-refractivity contribution >= 4 is 17.4 Å². The van der Waals surface area contributed by atoms with Crippen molar-refractivity contribution in [1.82, 2.24) is 19.6 Å². The normalized spacial score (nSPS) is 10.7. The second-order valence-corrected chi connectivity index (χ2v) is 6.28. The molecule has 0 aliphatic heterocycles. The van der Waals surface area contributed by atoms with Crippen molar-refractivity contribution in [2.45, 2.75) is 33.4 Å². The van der Waals surface area contributed by atoms with Crippen molar-refractivity contribution < 1.29 is 9.72 Å². The fourth-order valence-electron chi connectivity index (χ4n) is 2.72. The quantitative estimate of drug-likeness (QED) is 0.509. The number of carbonyl (C=O) groups is 1. The Labute approximate surface area is 155 Å². The lowest BCUT2D eigenvalue weighted by atomic mass is 10.1. The second-order valence-electron chi connectivity index (χ2n) is 6.28. The Morgan fingerprint density at radius 2 is 2.07 bits per heavy atom. The summed E-state index contributed by atoms with van der Waals surface area (Å²) in [5, 5.41) is 21.7. The van der Waals surface area contributed by atoms with Crippen LogP contribution in [-0.2, 0) is 17.9 Å². The molecule has 0 atom stereocenters. The number of nitro groups is 1. The van der Waals surface area contributed by atoms with Gasteiger partial charge in [-0.1, -0.05) is 24.3 Å². The average Bonchev–Trinajstić information content (AvgIpc) is 3.21. The van der Waals surface area contributed by atoms with Crippen LogP contribution in [0.2, 0.25) is 0 Å². The molecule has 1 N–H and O–H groups in total. The van der Waals surface area contributed by atoms with Gasteiger partial charge >= 0.3 is 5.82 Å². The highest BCUT2D eigenvalue weighted by Gasteiger charge is 2.16. The predicted octanol–water partition coefficient (Wildman–Crippen LogP) is 2.68. The minimum Gasteiger partial charge on any atom is -0.358 e. The molecule has 0 bridgehead atoms. The minimum atomic E-state index is -0.549. The van der Waals surface area contributed by atoms with Crippen LogP contribution >= 0.6 is 0 Å². The van der Waals surface area contributed by atoms with E-state index in [-0.39, 0.29) is 24.7 Å². The van der Waals surface area contributed by atoms with Crippen LogP contribution in [0.1, 0.15) is 23.2 Å². The first-order chi connectivity index (χ1) is 12.9. The molecule has 3 aromatic rings. The molecule has 27 heavy (non-hydrogen) atoms. The highest BCUT2D eigenvalue weighted by atomic mass is 16.6. The summed E-state index contributed by atoms with van der Waals surface area (Å²) in [7, 11) is 0. The van der Waals surface area contributed by atoms with Crippen molar-refractivity contribution in [3.63, 3.8) is 0 Å². The Bertz CT molecular complexity index is 975. The van der Waals surface area contributed by atoms with E-state index >= 15 is 0 Å². The smallest absolute Gasteiger partial charge is 0.358 e. The minimum absolute atomic E-state index is 0.155. The third-order valence-corrected chi connectivity index (χ3v) is 4.22. The fourth-order valence-corrected chi connectivity index (χ4v) is 2.72. The Kier molecular flexibility index (Phi) is 5.30. The molecule has 0 aliphatic carbocycles. The summed E-state index contributed by atoms with van der Waals surface area (Å²) in [6.45, 7) is 4.65. The molecule has 1 aromatic carbocycles. The first-order valence-corrected chi connectivity index (χ1v) is 8.48.